The van der Waals surface area contributed by atoms with Crippen molar-refractivity contribution in [2.45, 2.75) is 34.6 Å². The van der Waals surface area contributed by atoms with Crippen LogP contribution in [0.2, 0.25) is 8.94 Å². The van der Waals surface area contributed by atoms with E-state index in [1.54, 1.807) is 0 Å². The van der Waals surface area contributed by atoms with Crippen LogP contribution in [0, 0.1) is 0 Å². The van der Waals surface area contributed by atoms with Crippen LogP contribution in [0.15, 0.2) is 60.7 Å². The van der Waals surface area contributed by atoms with Crippen molar-refractivity contribution in [1.82, 2.24) is 0 Å². The quantitative estimate of drug-likeness (QED) is 0.342. The number of aryl methyl sites for hydroxylation is 2. The molecule has 2 aromatic carbocycles. The van der Waals surface area contributed by atoms with E-state index in [-0.39, 0.29) is 42.7 Å². The first-order valence-corrected chi connectivity index (χ1v) is 12.6. The molecule has 21 heavy (non-hydrogen) atoms. The molecular formula is C18H22OTe2. The van der Waals surface area contributed by atoms with Crippen LogP contribution in [-0.4, -0.2) is 42.7 Å². The molecule has 0 N–H and O–H groups in total. The molecule has 0 aliphatic rings. The molecule has 0 heterocycles. The van der Waals surface area contributed by atoms with E-state index in [1.807, 2.05) is 0 Å². The first kappa shape index (κ1) is 17.3. The Kier molecular flexibility index (Phi) is 9.52. The van der Waals surface area contributed by atoms with Crippen LogP contribution >= 0.6 is 0 Å². The second kappa shape index (κ2) is 11.5. The summed E-state index contributed by atoms with van der Waals surface area (Å²) in [6.07, 6.45) is 5.01. The number of hydrogen-bond donors (Lipinski definition) is 0. The minimum atomic E-state index is -0.161. The molecule has 0 spiro atoms. The van der Waals surface area contributed by atoms with Crippen molar-refractivity contribution in [2.24, 2.45) is 0 Å². The second-order valence-corrected chi connectivity index (χ2v) is 11.6. The van der Waals surface area contributed by atoms with Crippen molar-refractivity contribution in [3.63, 3.8) is 0 Å². The summed E-state index contributed by atoms with van der Waals surface area (Å²) in [7, 11) is 0. The summed E-state index contributed by atoms with van der Waals surface area (Å²) in [5.41, 5.74) is 2.92. The fraction of sp³-hybridized carbons (Fsp3) is 0.333. The Balaban J connectivity index is 1.40. The van der Waals surface area contributed by atoms with Crippen molar-refractivity contribution in [3.05, 3.63) is 71.8 Å². The third-order valence-corrected chi connectivity index (χ3v) is 10.0. The summed E-state index contributed by atoms with van der Waals surface area (Å²) in [4.78, 5) is 0. The van der Waals surface area contributed by atoms with Gasteiger partial charge in [0.2, 0.25) is 0 Å². The van der Waals surface area contributed by atoms with E-state index >= 15 is 0 Å². The molecule has 0 saturated heterocycles. The summed E-state index contributed by atoms with van der Waals surface area (Å²) in [5.74, 6) is 0. The van der Waals surface area contributed by atoms with Gasteiger partial charge >= 0.3 is 151 Å². The van der Waals surface area contributed by atoms with E-state index in [9.17, 15) is 0 Å². The van der Waals surface area contributed by atoms with E-state index in [1.165, 1.54) is 45.7 Å². The van der Waals surface area contributed by atoms with Crippen LogP contribution in [0.3, 0.4) is 0 Å². The maximum atomic E-state index is 5.97. The Morgan fingerprint density at radius 1 is 0.619 bits per heavy atom. The molecule has 2 aromatic rings. The van der Waals surface area contributed by atoms with E-state index in [4.69, 9.17) is 1.47 Å². The first-order chi connectivity index (χ1) is 10.4. The Morgan fingerprint density at radius 2 is 1.05 bits per heavy atom. The molecule has 0 radical (unpaired) electrons. The van der Waals surface area contributed by atoms with Crippen molar-refractivity contribution in [3.8, 4) is 0 Å². The molecule has 0 fully saturated rings. The first-order valence-electron chi connectivity index (χ1n) is 7.44. The molecule has 0 unspecified atom stereocenters. The summed E-state index contributed by atoms with van der Waals surface area (Å²) in [6.45, 7) is 0. The zero-order valence-electron chi connectivity index (χ0n) is 12.2. The molecule has 0 bridgehead atoms. The Morgan fingerprint density at radius 3 is 1.48 bits per heavy atom. The van der Waals surface area contributed by atoms with Crippen LogP contribution in [0.4, 0.5) is 0 Å². The number of rotatable bonds is 10. The molecule has 0 saturated carbocycles. The van der Waals surface area contributed by atoms with Crippen molar-refractivity contribution < 1.29 is 1.47 Å². The van der Waals surface area contributed by atoms with Gasteiger partial charge in [-0.2, -0.15) is 0 Å². The SMILES string of the molecule is c1ccc(CCC[Te]O[Te]CCCc2ccccc2)cc1. The zero-order chi connectivity index (χ0) is 14.6. The third kappa shape index (κ3) is 8.25. The van der Waals surface area contributed by atoms with Crippen LogP contribution in [-0.2, 0) is 14.3 Å². The molecule has 1 nitrogen and oxygen atoms in total. The van der Waals surface area contributed by atoms with Gasteiger partial charge < -0.3 is 0 Å². The summed E-state index contributed by atoms with van der Waals surface area (Å²) >= 11 is -0.322. The van der Waals surface area contributed by atoms with Crippen LogP contribution < -0.4 is 0 Å². The van der Waals surface area contributed by atoms with Gasteiger partial charge in [0.25, 0.3) is 0 Å². The normalized spacial score (nSPS) is 10.7. The second-order valence-electron chi connectivity index (χ2n) is 4.89. The number of hydrogen-bond acceptors (Lipinski definition) is 1. The van der Waals surface area contributed by atoms with Gasteiger partial charge in [-0.25, -0.2) is 0 Å². The molecule has 2 rings (SSSR count). The van der Waals surface area contributed by atoms with Crippen LogP contribution in [0.5, 0.6) is 0 Å². The minimum absolute atomic E-state index is 0.161. The molecule has 0 aliphatic carbocycles. The van der Waals surface area contributed by atoms with Crippen LogP contribution in [0.25, 0.3) is 0 Å². The summed E-state index contributed by atoms with van der Waals surface area (Å²) in [5, 5.41) is 0. The Hall–Kier alpha value is -0.0208. The summed E-state index contributed by atoms with van der Waals surface area (Å²) < 4.78 is 8.62. The molecule has 0 amide bonds. The fourth-order valence-corrected chi connectivity index (χ4v) is 8.05. The van der Waals surface area contributed by atoms with Crippen molar-refractivity contribution in [1.29, 1.82) is 0 Å². The van der Waals surface area contributed by atoms with Gasteiger partial charge in [-0.3, -0.25) is 0 Å². The van der Waals surface area contributed by atoms with Gasteiger partial charge in [0.15, 0.2) is 0 Å². The predicted octanol–water partition coefficient (Wildman–Crippen LogP) is 4.34. The number of benzene rings is 2. The fourth-order valence-electron chi connectivity index (χ4n) is 2.06. The predicted molar refractivity (Wildman–Crippen MR) is 91.7 cm³/mol. The van der Waals surface area contributed by atoms with Gasteiger partial charge in [-0.15, -0.1) is 0 Å². The van der Waals surface area contributed by atoms with E-state index in [0.29, 0.717) is 0 Å². The maximum absolute atomic E-state index is 5.97. The average Bonchev–Trinajstić information content (AvgIpc) is 2.55. The molecular weight excluding hydrogens is 487 g/mol. The van der Waals surface area contributed by atoms with Gasteiger partial charge in [0.05, 0.1) is 0 Å². The topological polar surface area (TPSA) is 9.23 Å². The van der Waals surface area contributed by atoms with Gasteiger partial charge in [0.1, 0.15) is 0 Å². The standard InChI is InChI=1S/C18H22OTe2/c1-3-9-17(10-4-1)13-7-15-20-19-21-16-8-14-18-11-5-2-6-12-18/h1-6,9-12H,7-8,13-16H2. The average molecular weight is 510 g/mol. The zero-order valence-corrected chi connectivity index (χ0v) is 16.9. The van der Waals surface area contributed by atoms with E-state index < -0.39 is 0 Å². The van der Waals surface area contributed by atoms with Gasteiger partial charge in [-0.1, -0.05) is 0 Å². The molecule has 0 aliphatic heterocycles. The monoisotopic (exact) mass is 514 g/mol. The third-order valence-electron chi connectivity index (χ3n) is 3.17. The summed E-state index contributed by atoms with van der Waals surface area (Å²) in [6, 6.07) is 21.6. The van der Waals surface area contributed by atoms with Crippen molar-refractivity contribution in [2.75, 3.05) is 0 Å². The molecule has 3 heteroatoms. The van der Waals surface area contributed by atoms with Crippen molar-refractivity contribution >= 4 is 42.7 Å². The Bertz CT molecular complexity index is 428. The Labute approximate surface area is 149 Å². The molecule has 112 valence electrons. The molecule has 0 atom stereocenters. The van der Waals surface area contributed by atoms with Gasteiger partial charge in [-0.05, 0) is 0 Å². The van der Waals surface area contributed by atoms with E-state index in [2.05, 4.69) is 60.7 Å². The molecule has 0 aromatic heterocycles. The van der Waals surface area contributed by atoms with E-state index in [0.717, 1.165) is 0 Å². The van der Waals surface area contributed by atoms with Crippen LogP contribution in [0.1, 0.15) is 24.0 Å². The van der Waals surface area contributed by atoms with Gasteiger partial charge in [0, 0.05) is 0 Å².